The van der Waals surface area contributed by atoms with Gasteiger partial charge in [-0.25, -0.2) is 0 Å². The third-order valence-electron chi connectivity index (χ3n) is 4.03. The number of nitrogens with one attached hydrogen (secondary N) is 3. The van der Waals surface area contributed by atoms with Crippen LogP contribution in [0.15, 0.2) is 48.5 Å². The first-order valence-electron chi connectivity index (χ1n) is 8.46. The molecule has 140 valence electrons. The van der Waals surface area contributed by atoms with Gasteiger partial charge in [-0.15, -0.1) is 0 Å². The Bertz CT molecular complexity index is 854. The fourth-order valence-electron chi connectivity index (χ4n) is 2.74. The lowest BCUT2D eigenvalue weighted by Gasteiger charge is -2.25. The summed E-state index contributed by atoms with van der Waals surface area (Å²) in [5.41, 5.74) is 1.36. The molecule has 2 aromatic rings. The second kappa shape index (κ2) is 8.66. The molecule has 3 rings (SSSR count). The van der Waals surface area contributed by atoms with Crippen LogP contribution >= 0.6 is 11.6 Å². The van der Waals surface area contributed by atoms with Crippen LogP contribution in [0, 0.1) is 0 Å². The van der Waals surface area contributed by atoms with Crippen molar-refractivity contribution in [2.75, 3.05) is 36.8 Å². The van der Waals surface area contributed by atoms with E-state index in [0.717, 1.165) is 0 Å². The van der Waals surface area contributed by atoms with E-state index < -0.39 is 0 Å². The minimum absolute atomic E-state index is 0.0839. The van der Waals surface area contributed by atoms with E-state index in [4.69, 9.17) is 11.6 Å². The molecule has 0 spiro atoms. The summed E-state index contributed by atoms with van der Waals surface area (Å²) in [6, 6.07) is 13.5. The van der Waals surface area contributed by atoms with E-state index in [9.17, 15) is 14.4 Å². The summed E-state index contributed by atoms with van der Waals surface area (Å²) >= 11 is 5.85. The highest BCUT2D eigenvalue weighted by atomic mass is 35.5. The third-order valence-corrected chi connectivity index (χ3v) is 4.28. The molecule has 1 aliphatic heterocycles. The van der Waals surface area contributed by atoms with Gasteiger partial charge in [-0.2, -0.15) is 0 Å². The molecule has 0 saturated carbocycles. The summed E-state index contributed by atoms with van der Waals surface area (Å²) in [6.45, 7) is 1.40. The standard InChI is InChI=1S/C19H19ClN4O3/c20-13-5-7-14(8-6-13)22-19(27)15-3-1-2-4-16(15)23-18(26)12-24-10-9-21-17(25)11-24/h1-8H,9-12H2,(H,21,25)(H,22,27)(H,23,26). The van der Waals surface area contributed by atoms with E-state index in [2.05, 4.69) is 16.0 Å². The Morgan fingerprint density at radius 3 is 2.56 bits per heavy atom. The molecule has 0 atom stereocenters. The SMILES string of the molecule is O=C1CN(CC(=O)Nc2ccccc2C(=O)Nc2ccc(Cl)cc2)CCN1. The predicted molar refractivity (Wildman–Crippen MR) is 104 cm³/mol. The van der Waals surface area contributed by atoms with E-state index in [0.29, 0.717) is 35.1 Å². The molecule has 0 aromatic heterocycles. The van der Waals surface area contributed by atoms with Crippen molar-refractivity contribution in [3.63, 3.8) is 0 Å². The van der Waals surface area contributed by atoms with E-state index >= 15 is 0 Å². The predicted octanol–water partition coefficient (Wildman–Crippen LogP) is 1.96. The van der Waals surface area contributed by atoms with Crippen molar-refractivity contribution in [2.45, 2.75) is 0 Å². The van der Waals surface area contributed by atoms with Gasteiger partial charge in [-0.05, 0) is 36.4 Å². The molecule has 1 heterocycles. The number of nitrogens with zero attached hydrogens (tertiary/aromatic N) is 1. The molecular weight excluding hydrogens is 368 g/mol. The van der Waals surface area contributed by atoms with Gasteiger partial charge in [-0.1, -0.05) is 23.7 Å². The highest BCUT2D eigenvalue weighted by Gasteiger charge is 2.20. The number of anilines is 2. The van der Waals surface area contributed by atoms with Gasteiger partial charge in [0.05, 0.1) is 24.3 Å². The zero-order valence-corrected chi connectivity index (χ0v) is 15.3. The largest absolute Gasteiger partial charge is 0.354 e. The summed E-state index contributed by atoms with van der Waals surface area (Å²) < 4.78 is 0. The molecule has 7 nitrogen and oxygen atoms in total. The average molecular weight is 387 g/mol. The molecule has 3 N–H and O–H groups in total. The number of amides is 3. The summed E-state index contributed by atoms with van der Waals surface area (Å²) in [5.74, 6) is -0.723. The normalized spacial score (nSPS) is 14.3. The molecule has 0 radical (unpaired) electrons. The van der Waals surface area contributed by atoms with Crippen LogP contribution in [0.25, 0.3) is 0 Å². The van der Waals surface area contributed by atoms with Crippen LogP contribution in [0.5, 0.6) is 0 Å². The lowest BCUT2D eigenvalue weighted by atomic mass is 10.1. The molecular formula is C19H19ClN4O3. The zero-order valence-electron chi connectivity index (χ0n) is 14.5. The minimum Gasteiger partial charge on any atom is -0.354 e. The van der Waals surface area contributed by atoms with Gasteiger partial charge in [0.25, 0.3) is 5.91 Å². The van der Waals surface area contributed by atoms with Crippen LogP contribution < -0.4 is 16.0 Å². The Kier molecular flexibility index (Phi) is 6.05. The fourth-order valence-corrected chi connectivity index (χ4v) is 2.87. The van der Waals surface area contributed by atoms with Crippen molar-refractivity contribution in [1.29, 1.82) is 0 Å². The number of carbonyl (C=O) groups is 3. The molecule has 2 aromatic carbocycles. The number of halogens is 1. The maximum absolute atomic E-state index is 12.6. The van der Waals surface area contributed by atoms with Crippen LogP contribution in [-0.4, -0.2) is 48.8 Å². The van der Waals surface area contributed by atoms with Gasteiger partial charge in [0.15, 0.2) is 0 Å². The van der Waals surface area contributed by atoms with Crippen molar-refractivity contribution < 1.29 is 14.4 Å². The van der Waals surface area contributed by atoms with Gasteiger partial charge < -0.3 is 16.0 Å². The van der Waals surface area contributed by atoms with Crippen molar-refractivity contribution in [2.24, 2.45) is 0 Å². The van der Waals surface area contributed by atoms with E-state index in [1.54, 1.807) is 53.4 Å². The quantitative estimate of drug-likeness (QED) is 0.732. The number of carbonyl (C=O) groups excluding carboxylic acids is 3. The van der Waals surface area contributed by atoms with Gasteiger partial charge in [0, 0.05) is 23.8 Å². The van der Waals surface area contributed by atoms with E-state index in [-0.39, 0.29) is 30.8 Å². The topological polar surface area (TPSA) is 90.5 Å². The van der Waals surface area contributed by atoms with Crippen molar-refractivity contribution in [3.05, 3.63) is 59.1 Å². The maximum Gasteiger partial charge on any atom is 0.257 e. The molecule has 0 bridgehead atoms. The van der Waals surface area contributed by atoms with Crippen LogP contribution in [0.2, 0.25) is 5.02 Å². The second-order valence-electron chi connectivity index (χ2n) is 6.12. The number of hydrogen-bond donors (Lipinski definition) is 3. The van der Waals surface area contributed by atoms with E-state index in [1.807, 2.05) is 0 Å². The van der Waals surface area contributed by atoms with E-state index in [1.165, 1.54) is 0 Å². The van der Waals surface area contributed by atoms with Crippen LogP contribution in [0.3, 0.4) is 0 Å². The Morgan fingerprint density at radius 2 is 1.81 bits per heavy atom. The Labute approximate surface area is 161 Å². The molecule has 3 amide bonds. The second-order valence-corrected chi connectivity index (χ2v) is 6.55. The Morgan fingerprint density at radius 1 is 1.07 bits per heavy atom. The summed E-state index contributed by atoms with van der Waals surface area (Å²) in [6.07, 6.45) is 0. The molecule has 1 saturated heterocycles. The van der Waals surface area contributed by atoms with Gasteiger partial charge in [0.1, 0.15) is 0 Å². The van der Waals surface area contributed by atoms with Crippen LogP contribution in [-0.2, 0) is 9.59 Å². The zero-order chi connectivity index (χ0) is 19.2. The summed E-state index contributed by atoms with van der Waals surface area (Å²) in [4.78, 5) is 38.1. The third kappa shape index (κ3) is 5.29. The van der Waals surface area contributed by atoms with Crippen molar-refractivity contribution in [3.8, 4) is 0 Å². The first kappa shape index (κ1) is 18.9. The highest BCUT2D eigenvalue weighted by Crippen LogP contribution is 2.19. The Hall–Kier alpha value is -2.90. The number of para-hydroxylation sites is 1. The number of piperazine rings is 1. The van der Waals surface area contributed by atoms with Gasteiger partial charge in [0.2, 0.25) is 11.8 Å². The first-order chi connectivity index (χ1) is 13.0. The number of benzene rings is 2. The molecule has 0 unspecified atom stereocenters. The maximum atomic E-state index is 12.6. The average Bonchev–Trinajstić information content (AvgIpc) is 2.64. The smallest absolute Gasteiger partial charge is 0.257 e. The monoisotopic (exact) mass is 386 g/mol. The summed E-state index contributed by atoms with van der Waals surface area (Å²) in [7, 11) is 0. The minimum atomic E-state index is -0.342. The van der Waals surface area contributed by atoms with Crippen LogP contribution in [0.1, 0.15) is 10.4 Å². The Balaban J connectivity index is 1.66. The van der Waals surface area contributed by atoms with Crippen molar-refractivity contribution >= 4 is 40.7 Å². The molecule has 8 heteroatoms. The lowest BCUT2D eigenvalue weighted by molar-refractivity contribution is -0.125. The molecule has 27 heavy (non-hydrogen) atoms. The number of rotatable bonds is 5. The van der Waals surface area contributed by atoms with Gasteiger partial charge >= 0.3 is 0 Å². The number of hydrogen-bond acceptors (Lipinski definition) is 4. The van der Waals surface area contributed by atoms with Crippen LogP contribution in [0.4, 0.5) is 11.4 Å². The lowest BCUT2D eigenvalue weighted by Crippen LogP contribution is -2.49. The molecule has 1 fully saturated rings. The van der Waals surface area contributed by atoms with Crippen molar-refractivity contribution in [1.82, 2.24) is 10.2 Å². The van der Waals surface area contributed by atoms with Gasteiger partial charge in [-0.3, -0.25) is 19.3 Å². The molecule has 0 aliphatic carbocycles. The highest BCUT2D eigenvalue weighted by molar-refractivity contribution is 6.30. The fraction of sp³-hybridized carbons (Fsp3) is 0.211. The summed E-state index contributed by atoms with van der Waals surface area (Å²) in [5, 5.41) is 8.82. The molecule has 1 aliphatic rings. The first-order valence-corrected chi connectivity index (χ1v) is 8.84.